The molecular formula is C17H22N2O2. The maximum Gasteiger partial charge on any atom is 0.166 e. The van der Waals surface area contributed by atoms with E-state index in [1.54, 1.807) is 13.2 Å². The number of fused-ring (bicyclic) bond motifs is 1. The number of ketones is 1. The van der Waals surface area contributed by atoms with Gasteiger partial charge in [0.05, 0.1) is 18.3 Å². The van der Waals surface area contributed by atoms with Gasteiger partial charge in [-0.2, -0.15) is 0 Å². The molecule has 0 aliphatic rings. The lowest BCUT2D eigenvalue weighted by Crippen LogP contribution is -2.02. The number of aryl methyl sites for hydroxylation is 2. The summed E-state index contributed by atoms with van der Waals surface area (Å²) in [7, 11) is 3.71. The SMILES string of the molecule is COc1c(NC(C)=CC(C)=O)ccc2c(C)c(C)n(C)c12. The average molecular weight is 286 g/mol. The molecule has 1 aromatic heterocycles. The van der Waals surface area contributed by atoms with Crippen molar-refractivity contribution in [3.63, 3.8) is 0 Å². The van der Waals surface area contributed by atoms with Crippen LogP contribution < -0.4 is 10.1 Å². The minimum atomic E-state index is 0.0191. The van der Waals surface area contributed by atoms with E-state index in [0.29, 0.717) is 0 Å². The summed E-state index contributed by atoms with van der Waals surface area (Å²) in [6, 6.07) is 4.08. The highest BCUT2D eigenvalue weighted by atomic mass is 16.5. The molecule has 0 amide bonds. The van der Waals surface area contributed by atoms with Crippen LogP contribution in [-0.4, -0.2) is 17.5 Å². The number of methoxy groups -OCH3 is 1. The van der Waals surface area contributed by atoms with E-state index >= 15 is 0 Å². The second kappa shape index (κ2) is 5.64. The monoisotopic (exact) mass is 286 g/mol. The van der Waals surface area contributed by atoms with E-state index in [4.69, 9.17) is 4.74 Å². The van der Waals surface area contributed by atoms with Crippen molar-refractivity contribution >= 4 is 22.4 Å². The van der Waals surface area contributed by atoms with Crippen molar-refractivity contribution in [1.29, 1.82) is 0 Å². The van der Waals surface area contributed by atoms with Crippen molar-refractivity contribution in [2.75, 3.05) is 12.4 Å². The summed E-state index contributed by atoms with van der Waals surface area (Å²) in [6.07, 6.45) is 1.57. The van der Waals surface area contributed by atoms with Crippen molar-refractivity contribution in [1.82, 2.24) is 4.57 Å². The van der Waals surface area contributed by atoms with E-state index in [1.807, 2.05) is 20.0 Å². The van der Waals surface area contributed by atoms with Crippen molar-refractivity contribution in [3.05, 3.63) is 35.2 Å². The fourth-order valence-electron chi connectivity index (χ4n) is 2.68. The van der Waals surface area contributed by atoms with E-state index < -0.39 is 0 Å². The topological polar surface area (TPSA) is 43.3 Å². The molecule has 2 rings (SSSR count). The maximum absolute atomic E-state index is 11.2. The number of nitrogens with one attached hydrogen (secondary N) is 1. The molecule has 0 aliphatic carbocycles. The van der Waals surface area contributed by atoms with Crippen LogP contribution in [0.2, 0.25) is 0 Å². The normalized spacial score (nSPS) is 11.8. The van der Waals surface area contributed by atoms with Crippen molar-refractivity contribution in [3.8, 4) is 5.75 Å². The van der Waals surface area contributed by atoms with Gasteiger partial charge in [-0.05, 0) is 45.4 Å². The predicted molar refractivity (Wildman–Crippen MR) is 87.0 cm³/mol. The smallest absolute Gasteiger partial charge is 0.166 e. The molecule has 4 nitrogen and oxygen atoms in total. The number of nitrogens with zero attached hydrogens (tertiary/aromatic N) is 1. The number of hydrogen-bond donors (Lipinski definition) is 1. The minimum Gasteiger partial charge on any atom is -0.492 e. The lowest BCUT2D eigenvalue weighted by atomic mass is 10.1. The molecule has 2 aromatic rings. The molecule has 0 fully saturated rings. The fourth-order valence-corrected chi connectivity index (χ4v) is 2.68. The van der Waals surface area contributed by atoms with Gasteiger partial charge in [0, 0.05) is 23.8 Å². The number of aromatic nitrogens is 1. The predicted octanol–water partition coefficient (Wildman–Crippen LogP) is 3.71. The second-order valence-electron chi connectivity index (χ2n) is 5.37. The third kappa shape index (κ3) is 2.66. The van der Waals surface area contributed by atoms with E-state index in [0.717, 1.165) is 22.7 Å². The number of hydrogen-bond acceptors (Lipinski definition) is 3. The summed E-state index contributed by atoms with van der Waals surface area (Å²) < 4.78 is 7.76. The third-order valence-corrected chi connectivity index (χ3v) is 3.87. The lowest BCUT2D eigenvalue weighted by molar-refractivity contribution is -0.112. The Morgan fingerprint density at radius 1 is 1.29 bits per heavy atom. The van der Waals surface area contributed by atoms with Gasteiger partial charge in [0.15, 0.2) is 11.5 Å². The largest absolute Gasteiger partial charge is 0.492 e. The highest BCUT2D eigenvalue weighted by Gasteiger charge is 2.16. The average Bonchev–Trinajstić information content (AvgIpc) is 2.63. The Hall–Kier alpha value is -2.23. The zero-order valence-electron chi connectivity index (χ0n) is 13.5. The number of benzene rings is 1. The molecule has 4 heteroatoms. The first kappa shape index (κ1) is 15.2. The van der Waals surface area contributed by atoms with Gasteiger partial charge in [-0.15, -0.1) is 0 Å². The number of rotatable bonds is 4. The van der Waals surface area contributed by atoms with E-state index in [9.17, 15) is 4.79 Å². The van der Waals surface area contributed by atoms with Crippen molar-refractivity contribution in [2.45, 2.75) is 27.7 Å². The molecule has 0 saturated heterocycles. The molecule has 21 heavy (non-hydrogen) atoms. The maximum atomic E-state index is 11.2. The molecule has 0 bridgehead atoms. The lowest BCUT2D eigenvalue weighted by Gasteiger charge is -2.14. The summed E-state index contributed by atoms with van der Waals surface area (Å²) in [5.41, 5.74) is 5.20. The number of carbonyl (C=O) groups excluding carboxylic acids is 1. The highest BCUT2D eigenvalue weighted by Crippen LogP contribution is 2.37. The van der Waals surface area contributed by atoms with E-state index in [2.05, 4.69) is 29.8 Å². The Morgan fingerprint density at radius 2 is 1.95 bits per heavy atom. The van der Waals surface area contributed by atoms with Gasteiger partial charge < -0.3 is 14.6 Å². The van der Waals surface area contributed by atoms with Crippen LogP contribution in [-0.2, 0) is 11.8 Å². The molecule has 1 heterocycles. The van der Waals surface area contributed by atoms with Gasteiger partial charge in [0.1, 0.15) is 0 Å². The van der Waals surface area contributed by atoms with Crippen LogP contribution in [0.1, 0.15) is 25.1 Å². The van der Waals surface area contributed by atoms with Crippen LogP contribution in [0.3, 0.4) is 0 Å². The molecule has 1 N–H and O–H groups in total. The highest BCUT2D eigenvalue weighted by molar-refractivity contribution is 5.95. The summed E-state index contributed by atoms with van der Waals surface area (Å²) in [5.74, 6) is 0.813. The van der Waals surface area contributed by atoms with Crippen LogP contribution in [0.15, 0.2) is 23.9 Å². The third-order valence-electron chi connectivity index (χ3n) is 3.87. The van der Waals surface area contributed by atoms with Gasteiger partial charge >= 0.3 is 0 Å². The van der Waals surface area contributed by atoms with Crippen LogP contribution in [0.25, 0.3) is 10.9 Å². The molecule has 0 saturated carbocycles. The van der Waals surface area contributed by atoms with Crippen LogP contribution in [0.4, 0.5) is 5.69 Å². The summed E-state index contributed by atoms with van der Waals surface area (Å²) >= 11 is 0. The standard InChI is InChI=1S/C17H22N2O2/c1-10(9-11(2)20)18-15-8-7-14-12(3)13(4)19(5)16(14)17(15)21-6/h7-9,18H,1-6H3. The molecule has 0 aliphatic heterocycles. The second-order valence-corrected chi connectivity index (χ2v) is 5.37. The number of allylic oxidation sites excluding steroid dienone is 2. The Balaban J connectivity index is 2.61. The van der Waals surface area contributed by atoms with Gasteiger partial charge in [-0.25, -0.2) is 0 Å². The Kier molecular flexibility index (Phi) is 4.07. The van der Waals surface area contributed by atoms with Gasteiger partial charge in [-0.1, -0.05) is 6.07 Å². The minimum absolute atomic E-state index is 0.0191. The van der Waals surface area contributed by atoms with Gasteiger partial charge in [-0.3, -0.25) is 4.79 Å². The molecule has 0 atom stereocenters. The Labute approximate surface area is 125 Å². The zero-order chi connectivity index (χ0) is 15.7. The van der Waals surface area contributed by atoms with Crippen LogP contribution in [0, 0.1) is 13.8 Å². The number of ether oxygens (including phenoxy) is 1. The molecule has 112 valence electrons. The van der Waals surface area contributed by atoms with Crippen molar-refractivity contribution in [2.24, 2.45) is 7.05 Å². The van der Waals surface area contributed by atoms with Gasteiger partial charge in [0.25, 0.3) is 0 Å². The van der Waals surface area contributed by atoms with Crippen LogP contribution in [0.5, 0.6) is 5.75 Å². The zero-order valence-corrected chi connectivity index (χ0v) is 13.5. The first-order chi connectivity index (χ1) is 9.86. The Bertz CT molecular complexity index is 739. The molecule has 0 spiro atoms. The fraction of sp³-hybridized carbons (Fsp3) is 0.353. The molecule has 0 radical (unpaired) electrons. The quantitative estimate of drug-likeness (QED) is 0.871. The number of carbonyl (C=O) groups is 1. The Morgan fingerprint density at radius 3 is 2.52 bits per heavy atom. The summed E-state index contributed by atoms with van der Waals surface area (Å²) in [6.45, 7) is 7.62. The summed E-state index contributed by atoms with van der Waals surface area (Å²) in [5, 5.41) is 4.43. The molecule has 1 aromatic carbocycles. The van der Waals surface area contributed by atoms with Gasteiger partial charge in [0.2, 0.25) is 0 Å². The first-order valence-electron chi connectivity index (χ1n) is 6.95. The first-order valence-corrected chi connectivity index (χ1v) is 6.95. The van der Waals surface area contributed by atoms with E-state index in [-0.39, 0.29) is 5.78 Å². The molecule has 0 unspecified atom stereocenters. The number of anilines is 1. The summed E-state index contributed by atoms with van der Waals surface area (Å²) in [4.78, 5) is 11.2. The van der Waals surface area contributed by atoms with E-state index in [1.165, 1.54) is 23.6 Å². The van der Waals surface area contributed by atoms with Crippen LogP contribution >= 0.6 is 0 Å². The molecular weight excluding hydrogens is 264 g/mol. The van der Waals surface area contributed by atoms with Crippen molar-refractivity contribution < 1.29 is 9.53 Å².